The summed E-state index contributed by atoms with van der Waals surface area (Å²) in [5.74, 6) is 1.37. The highest BCUT2D eigenvalue weighted by Crippen LogP contribution is 2.30. The number of benzene rings is 3. The van der Waals surface area contributed by atoms with Gasteiger partial charge in [-0.25, -0.2) is 4.79 Å². The van der Waals surface area contributed by atoms with Crippen LogP contribution >= 0.6 is 11.6 Å². The number of carbonyl (C=O) groups is 1. The van der Waals surface area contributed by atoms with E-state index in [9.17, 15) is 4.79 Å². The van der Waals surface area contributed by atoms with Crippen molar-refractivity contribution in [2.24, 2.45) is 0 Å². The number of rotatable bonds is 11. The van der Waals surface area contributed by atoms with Crippen molar-refractivity contribution in [1.29, 1.82) is 0 Å². The molecular formula is C31H35ClO5. The maximum absolute atomic E-state index is 11.5. The molecule has 196 valence electrons. The summed E-state index contributed by atoms with van der Waals surface area (Å²) in [7, 11) is 1.31. The van der Waals surface area contributed by atoms with Crippen molar-refractivity contribution in [3.05, 3.63) is 106 Å². The van der Waals surface area contributed by atoms with Gasteiger partial charge in [-0.05, 0) is 60.4 Å². The molecule has 0 aliphatic carbocycles. The number of hydrogen-bond acceptors (Lipinski definition) is 5. The van der Waals surface area contributed by atoms with Crippen molar-refractivity contribution < 1.29 is 23.7 Å². The van der Waals surface area contributed by atoms with E-state index in [1.807, 2.05) is 69.3 Å². The van der Waals surface area contributed by atoms with Crippen LogP contribution in [0.5, 0.6) is 17.2 Å². The molecule has 3 rings (SSSR count). The zero-order valence-corrected chi connectivity index (χ0v) is 22.9. The summed E-state index contributed by atoms with van der Waals surface area (Å²) in [4.78, 5) is 11.5. The van der Waals surface area contributed by atoms with E-state index in [0.717, 1.165) is 22.3 Å². The van der Waals surface area contributed by atoms with E-state index in [1.54, 1.807) is 12.1 Å². The third-order valence-corrected chi connectivity index (χ3v) is 5.41. The minimum atomic E-state index is -0.466. The van der Waals surface area contributed by atoms with Crippen LogP contribution in [0, 0.1) is 13.8 Å². The lowest BCUT2D eigenvalue weighted by Gasteiger charge is -2.15. The van der Waals surface area contributed by atoms with Gasteiger partial charge in [-0.2, -0.15) is 0 Å². The van der Waals surface area contributed by atoms with Crippen LogP contribution in [0.3, 0.4) is 0 Å². The molecule has 0 atom stereocenters. The average molecular weight is 523 g/mol. The molecule has 0 aliphatic heterocycles. The highest BCUT2D eigenvalue weighted by molar-refractivity contribution is 6.30. The molecule has 0 bridgehead atoms. The van der Waals surface area contributed by atoms with Gasteiger partial charge in [0, 0.05) is 16.7 Å². The van der Waals surface area contributed by atoms with Crippen LogP contribution in [0.25, 0.3) is 6.08 Å². The fraction of sp³-hybridized carbons (Fsp3) is 0.258. The quantitative estimate of drug-likeness (QED) is 0.190. The Labute approximate surface area is 225 Å². The van der Waals surface area contributed by atoms with E-state index in [-0.39, 0.29) is 13.2 Å². The zero-order valence-electron chi connectivity index (χ0n) is 22.2. The summed E-state index contributed by atoms with van der Waals surface area (Å²) < 4.78 is 22.2. The third kappa shape index (κ3) is 9.70. The Hall–Kier alpha value is -3.70. The molecule has 5 nitrogen and oxygen atoms in total. The standard InChI is InChI=1S/C29H29ClO5.C2H6/c1-20(12-13-23-9-6-5-8-21(23)2)17-33-26-10-7-11-27(16-26)34-18-24-15-25(30)14-22(3)29(24)35-19-28(31)32-4;1-2/h5-16H,1,17-19H2,2-4H3;1-2H3/b13-12-;. The highest BCUT2D eigenvalue weighted by atomic mass is 35.5. The molecule has 0 amide bonds. The molecule has 0 spiro atoms. The summed E-state index contributed by atoms with van der Waals surface area (Å²) in [6, 6.07) is 19.1. The Morgan fingerprint density at radius 1 is 0.892 bits per heavy atom. The fourth-order valence-electron chi connectivity index (χ4n) is 3.32. The predicted molar refractivity (Wildman–Crippen MR) is 151 cm³/mol. The Bertz CT molecular complexity index is 1220. The van der Waals surface area contributed by atoms with E-state index in [0.29, 0.717) is 28.9 Å². The van der Waals surface area contributed by atoms with Gasteiger partial charge >= 0.3 is 5.97 Å². The Morgan fingerprint density at radius 3 is 2.30 bits per heavy atom. The first-order chi connectivity index (χ1) is 17.9. The molecule has 0 fully saturated rings. The predicted octanol–water partition coefficient (Wildman–Crippen LogP) is 7.76. The van der Waals surface area contributed by atoms with Crippen LogP contribution in [-0.2, 0) is 16.1 Å². The molecular weight excluding hydrogens is 488 g/mol. The molecule has 0 saturated carbocycles. The molecule has 3 aromatic rings. The zero-order chi connectivity index (χ0) is 27.2. The van der Waals surface area contributed by atoms with E-state index in [4.69, 9.17) is 25.8 Å². The molecule has 6 heteroatoms. The molecule has 0 aromatic heterocycles. The van der Waals surface area contributed by atoms with Crippen molar-refractivity contribution >= 4 is 23.6 Å². The van der Waals surface area contributed by atoms with Gasteiger partial charge in [-0.1, -0.05) is 74.5 Å². The molecule has 0 N–H and O–H groups in total. The number of aryl methyl sites for hydroxylation is 2. The summed E-state index contributed by atoms with van der Waals surface area (Å²) in [5.41, 5.74) is 4.72. The summed E-state index contributed by atoms with van der Waals surface area (Å²) in [5, 5.41) is 0.556. The number of carbonyl (C=O) groups excluding carboxylic acids is 1. The van der Waals surface area contributed by atoms with Crippen molar-refractivity contribution in [1.82, 2.24) is 0 Å². The summed E-state index contributed by atoms with van der Waals surface area (Å²) in [6.07, 6.45) is 3.99. The number of hydrogen-bond donors (Lipinski definition) is 0. The van der Waals surface area contributed by atoms with Gasteiger partial charge < -0.3 is 18.9 Å². The number of halogens is 1. The molecule has 0 heterocycles. The molecule has 3 aromatic carbocycles. The second-order valence-corrected chi connectivity index (χ2v) is 8.41. The van der Waals surface area contributed by atoms with Gasteiger partial charge in [0.1, 0.15) is 30.5 Å². The second-order valence-electron chi connectivity index (χ2n) is 7.98. The highest BCUT2D eigenvalue weighted by Gasteiger charge is 2.13. The first kappa shape index (κ1) is 29.5. The van der Waals surface area contributed by atoms with Crippen molar-refractivity contribution in [2.75, 3.05) is 20.3 Å². The lowest BCUT2D eigenvalue weighted by Crippen LogP contribution is -2.14. The van der Waals surface area contributed by atoms with Gasteiger partial charge in [0.15, 0.2) is 6.61 Å². The SMILES string of the molecule is C=C(/C=C\c1ccccc1C)COc1cccc(OCc2cc(Cl)cc(C)c2OCC(=O)OC)c1.CC. The normalized spacial score (nSPS) is 10.3. The van der Waals surface area contributed by atoms with Crippen LogP contribution in [0.4, 0.5) is 0 Å². The fourth-order valence-corrected chi connectivity index (χ4v) is 3.62. The Balaban J connectivity index is 0.00000235. The summed E-state index contributed by atoms with van der Waals surface area (Å²) in [6.45, 7) is 12.4. The Kier molecular flexibility index (Phi) is 12.3. The maximum Gasteiger partial charge on any atom is 0.343 e. The average Bonchev–Trinajstić information content (AvgIpc) is 2.90. The molecule has 0 saturated heterocycles. The number of methoxy groups -OCH3 is 1. The Morgan fingerprint density at radius 2 is 1.59 bits per heavy atom. The van der Waals surface area contributed by atoms with Crippen molar-refractivity contribution in [2.45, 2.75) is 34.3 Å². The summed E-state index contributed by atoms with van der Waals surface area (Å²) >= 11 is 6.23. The first-order valence-corrected chi connectivity index (χ1v) is 12.5. The van der Waals surface area contributed by atoms with Crippen LogP contribution in [0.1, 0.15) is 36.1 Å². The van der Waals surface area contributed by atoms with Gasteiger partial charge in [-0.3, -0.25) is 0 Å². The van der Waals surface area contributed by atoms with Gasteiger partial charge in [0.05, 0.1) is 7.11 Å². The molecule has 0 aliphatic rings. The minimum absolute atomic E-state index is 0.197. The minimum Gasteiger partial charge on any atom is -0.489 e. The number of ether oxygens (including phenoxy) is 4. The molecule has 0 radical (unpaired) electrons. The van der Waals surface area contributed by atoms with Crippen molar-refractivity contribution in [3.63, 3.8) is 0 Å². The lowest BCUT2D eigenvalue weighted by molar-refractivity contribution is -0.142. The van der Waals surface area contributed by atoms with Crippen LogP contribution in [-0.4, -0.2) is 26.3 Å². The van der Waals surface area contributed by atoms with Gasteiger partial charge in [-0.15, -0.1) is 0 Å². The van der Waals surface area contributed by atoms with Gasteiger partial charge in [0.2, 0.25) is 0 Å². The molecule has 0 unspecified atom stereocenters. The van der Waals surface area contributed by atoms with Crippen LogP contribution in [0.2, 0.25) is 5.02 Å². The van der Waals surface area contributed by atoms with Crippen LogP contribution < -0.4 is 14.2 Å². The van der Waals surface area contributed by atoms with E-state index >= 15 is 0 Å². The van der Waals surface area contributed by atoms with Gasteiger partial charge in [0.25, 0.3) is 0 Å². The largest absolute Gasteiger partial charge is 0.489 e. The lowest BCUT2D eigenvalue weighted by atomic mass is 10.1. The molecule has 37 heavy (non-hydrogen) atoms. The van der Waals surface area contributed by atoms with E-state index in [2.05, 4.69) is 30.4 Å². The smallest absolute Gasteiger partial charge is 0.343 e. The van der Waals surface area contributed by atoms with Crippen molar-refractivity contribution in [3.8, 4) is 17.2 Å². The maximum atomic E-state index is 11.5. The number of esters is 1. The third-order valence-electron chi connectivity index (χ3n) is 5.19. The van der Waals surface area contributed by atoms with Crippen LogP contribution in [0.15, 0.2) is 78.9 Å². The second kappa shape index (κ2) is 15.4. The monoisotopic (exact) mass is 522 g/mol. The first-order valence-electron chi connectivity index (χ1n) is 12.1. The van der Waals surface area contributed by atoms with E-state index in [1.165, 1.54) is 12.7 Å². The topological polar surface area (TPSA) is 54.0 Å². The van der Waals surface area contributed by atoms with E-state index < -0.39 is 5.97 Å².